The third-order valence-corrected chi connectivity index (χ3v) is 16.4. The van der Waals surface area contributed by atoms with Crippen LogP contribution in [0.3, 0.4) is 0 Å². The fourth-order valence-corrected chi connectivity index (χ4v) is 11.1. The van der Waals surface area contributed by atoms with E-state index in [1.165, 1.54) is 289 Å². The Balaban J connectivity index is 2.13. The summed E-state index contributed by atoms with van der Waals surface area (Å²) in [4.78, 5) is 13.1. The SMILES string of the molecule is CCCCCCCCCCCCCCCCCCCCCC/C=C/C(O)C(COC1OC(CO)C(O)C(O)C1O)NC(=O)CCCCCCCCCCCCCCCCCCCCCCCCCCCCCCCC. The van der Waals surface area contributed by atoms with Crippen molar-refractivity contribution in [2.24, 2.45) is 0 Å². The molecule has 6 N–H and O–H groups in total. The molecular weight excluding hydrogens is 935 g/mol. The van der Waals surface area contributed by atoms with Gasteiger partial charge in [-0.3, -0.25) is 4.79 Å². The molecule has 9 heteroatoms. The lowest BCUT2D eigenvalue weighted by atomic mass is 9.99. The molecule has 1 fully saturated rings. The van der Waals surface area contributed by atoms with Gasteiger partial charge in [0.25, 0.3) is 0 Å². The van der Waals surface area contributed by atoms with Crippen LogP contribution in [0.2, 0.25) is 0 Å². The molecule has 0 saturated carbocycles. The molecule has 1 saturated heterocycles. The monoisotopic (exact) mass is 1060 g/mol. The number of ether oxygens (including phenoxy) is 2. The zero-order valence-electron chi connectivity index (χ0n) is 49.8. The van der Waals surface area contributed by atoms with E-state index in [9.17, 15) is 30.3 Å². The van der Waals surface area contributed by atoms with Gasteiger partial charge in [-0.05, 0) is 19.3 Å². The van der Waals surface area contributed by atoms with Gasteiger partial charge >= 0.3 is 0 Å². The smallest absolute Gasteiger partial charge is 0.220 e. The van der Waals surface area contributed by atoms with Gasteiger partial charge in [0.05, 0.1) is 25.4 Å². The number of carbonyl (C=O) groups excluding carboxylic acids is 1. The molecule has 0 aromatic heterocycles. The van der Waals surface area contributed by atoms with Crippen molar-refractivity contribution in [3.05, 3.63) is 12.2 Å². The minimum atomic E-state index is -1.56. The molecule has 0 aromatic carbocycles. The first kappa shape index (κ1) is 71.9. The second-order valence-electron chi connectivity index (χ2n) is 23.6. The van der Waals surface area contributed by atoms with Gasteiger partial charge in [0.2, 0.25) is 5.91 Å². The molecule has 1 amide bonds. The van der Waals surface area contributed by atoms with E-state index in [0.29, 0.717) is 6.42 Å². The Morgan fingerprint density at radius 3 is 1.04 bits per heavy atom. The highest BCUT2D eigenvalue weighted by Crippen LogP contribution is 2.23. The summed E-state index contributed by atoms with van der Waals surface area (Å²) in [7, 11) is 0. The van der Waals surface area contributed by atoms with Crippen LogP contribution in [0.1, 0.15) is 348 Å². The van der Waals surface area contributed by atoms with E-state index in [1.54, 1.807) is 6.08 Å². The summed E-state index contributed by atoms with van der Waals surface area (Å²) in [6.45, 7) is 3.84. The Bertz CT molecular complexity index is 1190. The van der Waals surface area contributed by atoms with Crippen LogP contribution in [-0.2, 0) is 14.3 Å². The first-order valence-electron chi connectivity index (χ1n) is 33.4. The highest BCUT2D eigenvalue weighted by Gasteiger charge is 2.44. The fourth-order valence-electron chi connectivity index (χ4n) is 11.1. The summed E-state index contributed by atoms with van der Waals surface area (Å²) in [6, 6.07) is -0.801. The van der Waals surface area contributed by atoms with Crippen LogP contribution < -0.4 is 5.32 Å². The number of carbonyl (C=O) groups is 1. The van der Waals surface area contributed by atoms with Crippen molar-refractivity contribution in [3.63, 3.8) is 0 Å². The average molecular weight is 1060 g/mol. The lowest BCUT2D eigenvalue weighted by Gasteiger charge is -2.40. The minimum absolute atomic E-state index is 0.167. The van der Waals surface area contributed by atoms with Crippen molar-refractivity contribution in [3.8, 4) is 0 Å². The largest absolute Gasteiger partial charge is 0.394 e. The molecular formula is C66H129NO8. The first-order valence-corrected chi connectivity index (χ1v) is 33.4. The Labute approximate surface area is 465 Å². The van der Waals surface area contributed by atoms with Crippen molar-refractivity contribution in [1.29, 1.82) is 0 Å². The third kappa shape index (κ3) is 45.4. The summed E-state index contributed by atoms with van der Waals surface area (Å²) < 4.78 is 11.3. The van der Waals surface area contributed by atoms with E-state index in [1.807, 2.05) is 6.08 Å². The summed E-state index contributed by atoms with van der Waals surface area (Å²) >= 11 is 0. The number of hydrogen-bond donors (Lipinski definition) is 6. The van der Waals surface area contributed by atoms with Crippen molar-refractivity contribution in [2.45, 2.75) is 391 Å². The molecule has 7 atom stereocenters. The highest BCUT2D eigenvalue weighted by molar-refractivity contribution is 5.76. The summed E-state index contributed by atoms with van der Waals surface area (Å²) in [5.74, 6) is -0.167. The van der Waals surface area contributed by atoms with E-state index >= 15 is 0 Å². The second kappa shape index (κ2) is 56.2. The van der Waals surface area contributed by atoms with Crippen LogP contribution in [-0.4, -0.2) is 87.5 Å². The predicted molar refractivity (Wildman–Crippen MR) is 318 cm³/mol. The Kier molecular flexibility index (Phi) is 53.9. The van der Waals surface area contributed by atoms with Crippen LogP contribution in [0.5, 0.6) is 0 Å². The Morgan fingerprint density at radius 2 is 0.733 bits per heavy atom. The number of aliphatic hydroxyl groups excluding tert-OH is 5. The van der Waals surface area contributed by atoms with Crippen LogP contribution in [0.25, 0.3) is 0 Å². The molecule has 9 nitrogen and oxygen atoms in total. The fraction of sp³-hybridized carbons (Fsp3) is 0.955. The maximum atomic E-state index is 13.1. The number of unbranched alkanes of at least 4 members (excludes halogenated alkanes) is 49. The summed E-state index contributed by atoms with van der Waals surface area (Å²) in [6.07, 6.45) is 64.5. The molecule has 0 aromatic rings. The molecule has 1 aliphatic rings. The van der Waals surface area contributed by atoms with Gasteiger partial charge < -0.3 is 40.3 Å². The van der Waals surface area contributed by atoms with Crippen LogP contribution in [0.4, 0.5) is 0 Å². The molecule has 0 aliphatic carbocycles. The predicted octanol–water partition coefficient (Wildman–Crippen LogP) is 17.5. The third-order valence-electron chi connectivity index (χ3n) is 16.4. The minimum Gasteiger partial charge on any atom is -0.394 e. The van der Waals surface area contributed by atoms with Crippen LogP contribution in [0, 0.1) is 0 Å². The molecule has 1 rings (SSSR count). The Morgan fingerprint density at radius 1 is 0.440 bits per heavy atom. The normalized spacial score (nSPS) is 18.8. The standard InChI is InChI=1S/C66H129NO8/c1-3-5-7-9-11-13-15-17-19-21-23-25-27-28-29-30-31-32-33-34-36-38-40-42-44-46-48-50-52-54-56-62(70)67-59(58-74-66-65(73)64(72)63(71)61(57-68)75-66)60(69)55-53-51-49-47-45-43-41-39-37-35-26-24-22-20-18-16-14-12-10-8-6-4-2/h53,55,59-61,63-66,68-69,71-73H,3-52,54,56-58H2,1-2H3,(H,67,70)/b55-53+. The van der Waals surface area contributed by atoms with Crippen molar-refractivity contribution in [1.82, 2.24) is 5.32 Å². The maximum absolute atomic E-state index is 13.1. The average Bonchev–Trinajstić information content (AvgIpc) is 3.41. The van der Waals surface area contributed by atoms with Gasteiger partial charge in [-0.15, -0.1) is 0 Å². The molecule has 0 bridgehead atoms. The molecule has 75 heavy (non-hydrogen) atoms. The maximum Gasteiger partial charge on any atom is 0.220 e. The number of rotatable bonds is 59. The topological polar surface area (TPSA) is 149 Å². The van der Waals surface area contributed by atoms with E-state index in [-0.39, 0.29) is 12.5 Å². The lowest BCUT2D eigenvalue weighted by Crippen LogP contribution is -2.60. The van der Waals surface area contributed by atoms with Gasteiger partial charge in [-0.25, -0.2) is 0 Å². The number of hydrogen-bond acceptors (Lipinski definition) is 8. The molecule has 1 heterocycles. The zero-order chi connectivity index (χ0) is 54.3. The van der Waals surface area contributed by atoms with E-state index in [2.05, 4.69) is 19.2 Å². The second-order valence-corrected chi connectivity index (χ2v) is 23.6. The number of aliphatic hydroxyl groups is 5. The van der Waals surface area contributed by atoms with Crippen molar-refractivity contribution < 1.29 is 39.8 Å². The quantitative estimate of drug-likeness (QED) is 0.0261. The number of amides is 1. The van der Waals surface area contributed by atoms with Gasteiger partial charge in [0, 0.05) is 6.42 Å². The first-order chi connectivity index (χ1) is 36.8. The Hall–Kier alpha value is -1.07. The zero-order valence-corrected chi connectivity index (χ0v) is 49.8. The van der Waals surface area contributed by atoms with Crippen molar-refractivity contribution in [2.75, 3.05) is 13.2 Å². The molecule has 7 unspecified atom stereocenters. The van der Waals surface area contributed by atoms with Crippen molar-refractivity contribution >= 4 is 5.91 Å². The number of allylic oxidation sites excluding steroid dienone is 1. The van der Waals surface area contributed by atoms with Gasteiger partial charge in [0.1, 0.15) is 24.4 Å². The van der Waals surface area contributed by atoms with Gasteiger partial charge in [-0.2, -0.15) is 0 Å². The molecule has 0 spiro atoms. The van der Waals surface area contributed by atoms with E-state index in [4.69, 9.17) is 9.47 Å². The molecule has 1 aliphatic heterocycles. The summed E-state index contributed by atoms with van der Waals surface area (Å²) in [5.41, 5.74) is 0. The van der Waals surface area contributed by atoms with Crippen LogP contribution in [0.15, 0.2) is 12.2 Å². The number of nitrogens with one attached hydrogen (secondary N) is 1. The van der Waals surface area contributed by atoms with E-state index < -0.39 is 49.5 Å². The van der Waals surface area contributed by atoms with Gasteiger partial charge in [0.15, 0.2) is 6.29 Å². The van der Waals surface area contributed by atoms with Gasteiger partial charge in [-0.1, -0.05) is 334 Å². The molecule has 446 valence electrons. The summed E-state index contributed by atoms with van der Waals surface area (Å²) in [5, 5.41) is 54.7. The van der Waals surface area contributed by atoms with E-state index in [0.717, 1.165) is 38.5 Å². The highest BCUT2D eigenvalue weighted by atomic mass is 16.7. The lowest BCUT2D eigenvalue weighted by molar-refractivity contribution is -0.302. The van der Waals surface area contributed by atoms with Crippen LogP contribution >= 0.6 is 0 Å². The molecule has 0 radical (unpaired) electrons.